The number of ether oxygens (including phenoxy) is 4. The van der Waals surface area contributed by atoms with Crippen LogP contribution in [0.5, 0.6) is 17.2 Å². The van der Waals surface area contributed by atoms with Gasteiger partial charge in [-0.1, -0.05) is 6.07 Å². The van der Waals surface area contributed by atoms with Crippen molar-refractivity contribution < 1.29 is 23.7 Å². The Kier molecular flexibility index (Phi) is 4.78. The standard InChI is InChI=1S/C24H27N3O5/c1-27-21(28)24(26-22(27)25)13-23(7-4-8-31-14-23)32-20-6-5-15(11-19(20)24)16-9-17(29-2)12-18(10-16)30-3/h5-6,9-12H,4,7-8,13-14H2,1-3H3,(H2,25,26)/t23-,24+/m1/s1. The molecule has 2 atom stereocenters. The Balaban J connectivity index is 1.67. The van der Waals surface area contributed by atoms with E-state index in [1.807, 2.05) is 36.4 Å². The van der Waals surface area contributed by atoms with Crippen LogP contribution in [0.25, 0.3) is 11.1 Å². The topological polar surface area (TPSA) is 95.6 Å². The zero-order chi connectivity index (χ0) is 22.5. The molecule has 2 aromatic rings. The molecule has 32 heavy (non-hydrogen) atoms. The predicted octanol–water partition coefficient (Wildman–Crippen LogP) is 2.68. The van der Waals surface area contributed by atoms with Crippen LogP contribution in [-0.2, 0) is 15.1 Å². The molecule has 2 N–H and O–H groups in total. The fourth-order valence-corrected chi connectivity index (χ4v) is 4.96. The van der Waals surface area contributed by atoms with Crippen LogP contribution in [0.15, 0.2) is 41.4 Å². The molecule has 1 saturated heterocycles. The van der Waals surface area contributed by atoms with E-state index in [4.69, 9.17) is 29.7 Å². The molecule has 0 aromatic heterocycles. The van der Waals surface area contributed by atoms with Crippen LogP contribution in [-0.4, -0.2) is 56.8 Å². The molecule has 3 aliphatic heterocycles. The fourth-order valence-electron chi connectivity index (χ4n) is 4.96. The Morgan fingerprint density at radius 2 is 1.84 bits per heavy atom. The Bertz CT molecular complexity index is 1090. The molecule has 168 valence electrons. The Hall–Kier alpha value is -3.26. The first-order chi connectivity index (χ1) is 15.4. The Labute approximate surface area is 186 Å². The summed E-state index contributed by atoms with van der Waals surface area (Å²) in [5.41, 5.74) is 6.90. The first kappa shape index (κ1) is 20.6. The van der Waals surface area contributed by atoms with Gasteiger partial charge in [-0.3, -0.25) is 9.69 Å². The summed E-state index contributed by atoms with van der Waals surface area (Å²) in [6, 6.07) is 11.5. The number of aliphatic imine (C=N–C) groups is 1. The molecule has 0 unspecified atom stereocenters. The van der Waals surface area contributed by atoms with E-state index in [1.54, 1.807) is 21.3 Å². The molecule has 1 fully saturated rings. The monoisotopic (exact) mass is 437 g/mol. The number of guanidine groups is 1. The number of nitrogens with zero attached hydrogens (tertiary/aromatic N) is 2. The summed E-state index contributed by atoms with van der Waals surface area (Å²) in [7, 11) is 4.89. The van der Waals surface area contributed by atoms with Crippen LogP contribution in [0.1, 0.15) is 24.8 Å². The maximum Gasteiger partial charge on any atom is 0.261 e. The molecule has 3 heterocycles. The molecule has 3 aliphatic rings. The summed E-state index contributed by atoms with van der Waals surface area (Å²) in [6.45, 7) is 1.12. The predicted molar refractivity (Wildman–Crippen MR) is 119 cm³/mol. The van der Waals surface area contributed by atoms with Gasteiger partial charge in [0.15, 0.2) is 11.5 Å². The average molecular weight is 437 g/mol. The zero-order valence-electron chi connectivity index (χ0n) is 18.5. The summed E-state index contributed by atoms with van der Waals surface area (Å²) >= 11 is 0. The lowest BCUT2D eigenvalue weighted by Crippen LogP contribution is -2.55. The molecule has 1 amide bonds. The maximum atomic E-state index is 13.5. The highest BCUT2D eigenvalue weighted by Gasteiger charge is 2.58. The van der Waals surface area contributed by atoms with Gasteiger partial charge in [-0.2, -0.15) is 0 Å². The van der Waals surface area contributed by atoms with Crippen molar-refractivity contribution in [3.63, 3.8) is 0 Å². The smallest absolute Gasteiger partial charge is 0.261 e. The van der Waals surface area contributed by atoms with Gasteiger partial charge in [0.2, 0.25) is 0 Å². The molecule has 8 heteroatoms. The van der Waals surface area contributed by atoms with Crippen LogP contribution in [0.3, 0.4) is 0 Å². The summed E-state index contributed by atoms with van der Waals surface area (Å²) in [5, 5.41) is 0. The van der Waals surface area contributed by atoms with E-state index in [0.29, 0.717) is 42.4 Å². The number of carbonyl (C=O) groups excluding carboxylic acids is 1. The van der Waals surface area contributed by atoms with E-state index >= 15 is 0 Å². The number of hydrogen-bond donors (Lipinski definition) is 1. The van der Waals surface area contributed by atoms with Crippen molar-refractivity contribution in [2.45, 2.75) is 30.4 Å². The highest BCUT2D eigenvalue weighted by Crippen LogP contribution is 2.52. The molecule has 8 nitrogen and oxygen atoms in total. The molecule has 5 rings (SSSR count). The van der Waals surface area contributed by atoms with Gasteiger partial charge in [-0.05, 0) is 48.2 Å². The quantitative estimate of drug-likeness (QED) is 0.793. The summed E-state index contributed by atoms with van der Waals surface area (Å²) in [4.78, 5) is 19.7. The number of hydrogen-bond acceptors (Lipinski definition) is 7. The van der Waals surface area contributed by atoms with Crippen LogP contribution in [0.4, 0.5) is 0 Å². The third kappa shape index (κ3) is 3.09. The maximum absolute atomic E-state index is 13.5. The fraction of sp³-hybridized carbons (Fsp3) is 0.417. The summed E-state index contributed by atoms with van der Waals surface area (Å²) in [5.74, 6) is 2.06. The second kappa shape index (κ2) is 7.41. The minimum Gasteiger partial charge on any atom is -0.497 e. The second-order valence-electron chi connectivity index (χ2n) is 8.62. The normalized spacial score (nSPS) is 26.7. The second-order valence-corrected chi connectivity index (χ2v) is 8.62. The number of fused-ring (bicyclic) bond motifs is 2. The number of methoxy groups -OCH3 is 2. The van der Waals surface area contributed by atoms with Gasteiger partial charge in [0.25, 0.3) is 5.91 Å². The Morgan fingerprint density at radius 3 is 2.44 bits per heavy atom. The molecule has 0 radical (unpaired) electrons. The molecular formula is C24H27N3O5. The number of nitrogens with two attached hydrogens (primary N) is 1. The van der Waals surface area contributed by atoms with Crippen LogP contribution < -0.4 is 19.9 Å². The van der Waals surface area contributed by atoms with Crippen molar-refractivity contribution in [2.24, 2.45) is 10.7 Å². The van der Waals surface area contributed by atoms with Gasteiger partial charge in [-0.25, -0.2) is 4.99 Å². The van der Waals surface area contributed by atoms with Crippen molar-refractivity contribution in [3.05, 3.63) is 42.0 Å². The molecule has 2 spiro atoms. The molecular weight excluding hydrogens is 410 g/mol. The third-order valence-corrected chi connectivity index (χ3v) is 6.61. The van der Waals surface area contributed by atoms with Crippen molar-refractivity contribution in [3.8, 4) is 28.4 Å². The minimum absolute atomic E-state index is 0.148. The van der Waals surface area contributed by atoms with Gasteiger partial charge in [-0.15, -0.1) is 0 Å². The van der Waals surface area contributed by atoms with Gasteiger partial charge in [0, 0.05) is 31.7 Å². The molecule has 0 bridgehead atoms. The van der Waals surface area contributed by atoms with Crippen molar-refractivity contribution in [1.29, 1.82) is 0 Å². The molecule has 2 aromatic carbocycles. The SMILES string of the molecule is COc1cc(OC)cc(-c2ccc3c(c2)[C@]2(C[C@@]4(CCCOC4)O3)N=C(N)N(C)C2=O)c1. The van der Waals surface area contributed by atoms with E-state index in [0.717, 1.165) is 24.0 Å². The van der Waals surface area contributed by atoms with E-state index in [1.165, 1.54) is 4.90 Å². The number of amides is 1. The zero-order valence-corrected chi connectivity index (χ0v) is 18.5. The first-order valence-corrected chi connectivity index (χ1v) is 10.7. The minimum atomic E-state index is -1.13. The number of carbonyl (C=O) groups is 1. The first-order valence-electron chi connectivity index (χ1n) is 10.7. The average Bonchev–Trinajstić information content (AvgIpc) is 3.02. The highest BCUT2D eigenvalue weighted by molar-refractivity contribution is 6.07. The van der Waals surface area contributed by atoms with Crippen LogP contribution in [0, 0.1) is 0 Å². The number of likely N-dealkylation sites (N-methyl/N-ethyl adjacent to an activating group) is 1. The van der Waals surface area contributed by atoms with Gasteiger partial charge < -0.3 is 24.7 Å². The van der Waals surface area contributed by atoms with Crippen molar-refractivity contribution in [1.82, 2.24) is 4.90 Å². The summed E-state index contributed by atoms with van der Waals surface area (Å²) < 4.78 is 23.1. The van der Waals surface area contributed by atoms with Gasteiger partial charge in [0.05, 0.1) is 20.8 Å². The van der Waals surface area contributed by atoms with Gasteiger partial charge in [0.1, 0.15) is 22.8 Å². The van der Waals surface area contributed by atoms with Crippen LogP contribution >= 0.6 is 0 Å². The largest absolute Gasteiger partial charge is 0.497 e. The van der Waals surface area contributed by atoms with E-state index in [2.05, 4.69) is 0 Å². The molecule has 0 aliphatic carbocycles. The van der Waals surface area contributed by atoms with E-state index < -0.39 is 11.1 Å². The molecule has 0 saturated carbocycles. The highest BCUT2D eigenvalue weighted by atomic mass is 16.5. The number of benzene rings is 2. The lowest BCUT2D eigenvalue weighted by atomic mass is 9.74. The van der Waals surface area contributed by atoms with Crippen molar-refractivity contribution >= 4 is 11.9 Å². The van der Waals surface area contributed by atoms with E-state index in [-0.39, 0.29) is 11.9 Å². The lowest BCUT2D eigenvalue weighted by Gasteiger charge is -2.46. The van der Waals surface area contributed by atoms with E-state index in [9.17, 15) is 4.79 Å². The lowest BCUT2D eigenvalue weighted by molar-refractivity contribution is -0.139. The van der Waals surface area contributed by atoms with Crippen LogP contribution in [0.2, 0.25) is 0 Å². The van der Waals surface area contributed by atoms with Gasteiger partial charge >= 0.3 is 0 Å². The number of rotatable bonds is 3. The summed E-state index contributed by atoms with van der Waals surface area (Å²) in [6.07, 6.45) is 2.06. The Morgan fingerprint density at radius 1 is 1.09 bits per heavy atom. The third-order valence-electron chi connectivity index (χ3n) is 6.61. The van der Waals surface area contributed by atoms with Crippen molar-refractivity contribution in [2.75, 3.05) is 34.5 Å².